The molecule has 0 spiro atoms. The van der Waals surface area contributed by atoms with Gasteiger partial charge in [0, 0.05) is 10.9 Å². The minimum atomic E-state index is 0.524. The van der Waals surface area contributed by atoms with Crippen LogP contribution in [0.15, 0.2) is 42.5 Å². The Kier molecular flexibility index (Phi) is 3.89. The van der Waals surface area contributed by atoms with Crippen molar-refractivity contribution in [3.8, 4) is 11.4 Å². The first kappa shape index (κ1) is 14.0. The molecular formula is C18H17ClN2. The lowest BCUT2D eigenvalue weighted by molar-refractivity contribution is 1.11. The van der Waals surface area contributed by atoms with Gasteiger partial charge in [0.15, 0.2) is 5.82 Å². The lowest BCUT2D eigenvalue weighted by atomic mass is 10.0. The predicted molar refractivity (Wildman–Crippen MR) is 88.7 cm³/mol. The largest absolute Gasteiger partial charge is 0.228 e. The molecule has 2 nitrogen and oxygen atoms in total. The molecule has 0 aliphatic carbocycles. The molecule has 0 bridgehead atoms. The molecule has 0 aliphatic rings. The zero-order valence-corrected chi connectivity index (χ0v) is 13.0. The number of aryl methyl sites for hydroxylation is 2. The van der Waals surface area contributed by atoms with E-state index < -0.39 is 0 Å². The van der Waals surface area contributed by atoms with Gasteiger partial charge < -0.3 is 0 Å². The van der Waals surface area contributed by atoms with Crippen molar-refractivity contribution >= 4 is 22.5 Å². The zero-order chi connectivity index (χ0) is 14.8. The highest BCUT2D eigenvalue weighted by atomic mass is 35.5. The van der Waals surface area contributed by atoms with Crippen LogP contribution in [0.4, 0.5) is 0 Å². The third-order valence-electron chi connectivity index (χ3n) is 3.78. The van der Waals surface area contributed by atoms with Crippen molar-refractivity contribution in [3.05, 3.63) is 58.7 Å². The molecule has 0 N–H and O–H groups in total. The van der Waals surface area contributed by atoms with Crippen LogP contribution in [0, 0.1) is 0 Å². The lowest BCUT2D eigenvalue weighted by Crippen LogP contribution is -1.97. The van der Waals surface area contributed by atoms with Crippen LogP contribution in [0.1, 0.15) is 25.0 Å². The number of fused-ring (bicyclic) bond motifs is 1. The molecule has 21 heavy (non-hydrogen) atoms. The Hall–Kier alpha value is -1.93. The molecule has 0 aliphatic heterocycles. The summed E-state index contributed by atoms with van der Waals surface area (Å²) in [5.74, 6) is 0.714. The lowest BCUT2D eigenvalue weighted by Gasteiger charge is -2.10. The average molecular weight is 297 g/mol. The van der Waals surface area contributed by atoms with E-state index in [0.717, 1.165) is 29.3 Å². The Balaban J connectivity index is 2.29. The first-order chi connectivity index (χ1) is 10.2. The van der Waals surface area contributed by atoms with Crippen molar-refractivity contribution in [2.45, 2.75) is 26.7 Å². The van der Waals surface area contributed by atoms with Crippen molar-refractivity contribution in [2.75, 3.05) is 0 Å². The second-order valence-corrected chi connectivity index (χ2v) is 5.37. The van der Waals surface area contributed by atoms with Crippen LogP contribution in [0.2, 0.25) is 5.15 Å². The summed E-state index contributed by atoms with van der Waals surface area (Å²) in [6, 6.07) is 14.3. The van der Waals surface area contributed by atoms with Gasteiger partial charge in [0.25, 0.3) is 0 Å². The normalized spacial score (nSPS) is 11.0. The highest BCUT2D eigenvalue weighted by molar-refractivity contribution is 6.34. The van der Waals surface area contributed by atoms with E-state index in [0.29, 0.717) is 11.0 Å². The zero-order valence-electron chi connectivity index (χ0n) is 12.2. The molecule has 0 radical (unpaired) electrons. The number of halogens is 1. The van der Waals surface area contributed by atoms with Crippen LogP contribution in [0.25, 0.3) is 22.3 Å². The summed E-state index contributed by atoms with van der Waals surface area (Å²) in [6.45, 7) is 4.27. The first-order valence-electron chi connectivity index (χ1n) is 7.28. The monoisotopic (exact) mass is 296 g/mol. The molecule has 0 unspecified atom stereocenters. The third kappa shape index (κ3) is 2.52. The van der Waals surface area contributed by atoms with Crippen molar-refractivity contribution in [1.29, 1.82) is 0 Å². The van der Waals surface area contributed by atoms with Crippen molar-refractivity contribution < 1.29 is 0 Å². The Morgan fingerprint density at radius 3 is 2.33 bits per heavy atom. The Labute approximate surface area is 129 Å². The fourth-order valence-corrected chi connectivity index (χ4v) is 2.86. The van der Waals surface area contributed by atoms with Gasteiger partial charge in [-0.2, -0.15) is 0 Å². The topological polar surface area (TPSA) is 25.8 Å². The Morgan fingerprint density at radius 1 is 0.857 bits per heavy atom. The van der Waals surface area contributed by atoms with Gasteiger partial charge in [-0.1, -0.05) is 61.8 Å². The molecule has 0 fully saturated rings. The van der Waals surface area contributed by atoms with Crippen molar-refractivity contribution in [2.24, 2.45) is 0 Å². The van der Waals surface area contributed by atoms with E-state index in [2.05, 4.69) is 37.0 Å². The van der Waals surface area contributed by atoms with Crippen LogP contribution >= 0.6 is 11.6 Å². The van der Waals surface area contributed by atoms with E-state index in [1.807, 2.05) is 24.3 Å². The fraction of sp³-hybridized carbons (Fsp3) is 0.222. The number of aromatic nitrogens is 2. The van der Waals surface area contributed by atoms with Gasteiger partial charge >= 0.3 is 0 Å². The van der Waals surface area contributed by atoms with Crippen LogP contribution in [-0.4, -0.2) is 9.97 Å². The smallest absolute Gasteiger partial charge is 0.161 e. The molecule has 0 saturated heterocycles. The number of benzene rings is 2. The number of nitrogens with zero attached hydrogens (tertiary/aromatic N) is 2. The van der Waals surface area contributed by atoms with E-state index in [-0.39, 0.29) is 0 Å². The molecule has 3 rings (SSSR count). The molecule has 0 amide bonds. The highest BCUT2D eigenvalue weighted by Gasteiger charge is 2.12. The van der Waals surface area contributed by atoms with Gasteiger partial charge in [0.2, 0.25) is 0 Å². The second-order valence-electron chi connectivity index (χ2n) is 5.02. The molecule has 106 valence electrons. The molecule has 1 heterocycles. The van der Waals surface area contributed by atoms with Crippen molar-refractivity contribution in [3.63, 3.8) is 0 Å². The molecule has 3 aromatic rings. The van der Waals surface area contributed by atoms with Crippen molar-refractivity contribution in [1.82, 2.24) is 9.97 Å². The summed E-state index contributed by atoms with van der Waals surface area (Å²) < 4.78 is 0. The Morgan fingerprint density at radius 2 is 1.57 bits per heavy atom. The van der Waals surface area contributed by atoms with Gasteiger partial charge in [-0.05, 0) is 30.0 Å². The summed E-state index contributed by atoms with van der Waals surface area (Å²) in [7, 11) is 0. The van der Waals surface area contributed by atoms with E-state index in [1.165, 1.54) is 11.1 Å². The van der Waals surface area contributed by atoms with Crippen LogP contribution < -0.4 is 0 Å². The van der Waals surface area contributed by atoms with E-state index in [9.17, 15) is 0 Å². The quantitative estimate of drug-likeness (QED) is 0.630. The van der Waals surface area contributed by atoms with Crippen LogP contribution in [0.5, 0.6) is 0 Å². The van der Waals surface area contributed by atoms with E-state index >= 15 is 0 Å². The molecule has 0 saturated carbocycles. The molecule has 2 aromatic carbocycles. The van der Waals surface area contributed by atoms with Crippen LogP contribution in [0.3, 0.4) is 0 Å². The molecular weight excluding hydrogens is 280 g/mol. The van der Waals surface area contributed by atoms with E-state index in [1.54, 1.807) is 0 Å². The maximum Gasteiger partial charge on any atom is 0.161 e. The van der Waals surface area contributed by atoms with Gasteiger partial charge in [-0.3, -0.25) is 0 Å². The van der Waals surface area contributed by atoms with Crippen LogP contribution in [-0.2, 0) is 12.8 Å². The van der Waals surface area contributed by atoms with Gasteiger partial charge in [0.1, 0.15) is 5.15 Å². The summed E-state index contributed by atoms with van der Waals surface area (Å²) in [5.41, 5.74) is 4.46. The number of hydrogen-bond donors (Lipinski definition) is 0. The minimum Gasteiger partial charge on any atom is -0.228 e. The third-order valence-corrected chi connectivity index (χ3v) is 4.07. The number of rotatable bonds is 3. The Bertz CT molecular complexity index is 796. The SMILES string of the molecule is CCc1ccccc1-c1nc(Cl)c2cccc(CC)c2n1. The summed E-state index contributed by atoms with van der Waals surface area (Å²) in [6.07, 6.45) is 1.88. The van der Waals surface area contributed by atoms with Gasteiger partial charge in [-0.25, -0.2) is 9.97 Å². The average Bonchev–Trinajstić information content (AvgIpc) is 2.54. The molecule has 3 heteroatoms. The summed E-state index contributed by atoms with van der Waals surface area (Å²) in [4.78, 5) is 9.30. The highest BCUT2D eigenvalue weighted by Crippen LogP contribution is 2.28. The first-order valence-corrected chi connectivity index (χ1v) is 7.65. The fourth-order valence-electron chi connectivity index (χ4n) is 2.63. The second kappa shape index (κ2) is 5.82. The predicted octanol–water partition coefficient (Wildman–Crippen LogP) is 5.08. The summed E-state index contributed by atoms with van der Waals surface area (Å²) >= 11 is 6.39. The number of hydrogen-bond acceptors (Lipinski definition) is 2. The maximum atomic E-state index is 6.39. The standard InChI is InChI=1S/C18H17ClN2/c1-3-12-8-5-6-10-14(12)18-20-16-13(4-2)9-7-11-15(16)17(19)21-18/h5-11H,3-4H2,1-2H3. The van der Waals surface area contributed by atoms with Gasteiger partial charge in [0.05, 0.1) is 5.52 Å². The maximum absolute atomic E-state index is 6.39. The molecule has 1 aromatic heterocycles. The number of para-hydroxylation sites is 1. The molecule has 0 atom stereocenters. The van der Waals surface area contributed by atoms with E-state index in [4.69, 9.17) is 16.6 Å². The summed E-state index contributed by atoms with van der Waals surface area (Å²) in [5, 5.41) is 1.45. The van der Waals surface area contributed by atoms with Gasteiger partial charge in [-0.15, -0.1) is 0 Å². The minimum absolute atomic E-state index is 0.524.